The zero-order chi connectivity index (χ0) is 26.9. The number of nitrogens with zero attached hydrogens (tertiary/aromatic N) is 1. The second kappa shape index (κ2) is 13.1. The number of amides is 2. The van der Waals surface area contributed by atoms with Crippen molar-refractivity contribution in [3.05, 3.63) is 47.0 Å². The van der Waals surface area contributed by atoms with Crippen molar-refractivity contribution < 1.29 is 29.0 Å². The maximum absolute atomic E-state index is 12.7. The molecule has 1 aliphatic rings. The molecule has 1 unspecified atom stereocenters. The first-order valence-electron chi connectivity index (χ1n) is 12.8. The highest BCUT2D eigenvalue weighted by molar-refractivity contribution is 6.37. The average Bonchev–Trinajstić information content (AvgIpc) is 3.07. The molecule has 2 aromatic rings. The van der Waals surface area contributed by atoms with Crippen molar-refractivity contribution in [2.75, 3.05) is 25.0 Å². The maximum Gasteiger partial charge on any atom is 0.397 e. The fourth-order valence-electron chi connectivity index (χ4n) is 4.55. The summed E-state index contributed by atoms with van der Waals surface area (Å²) in [5.41, 5.74) is 2.66. The van der Waals surface area contributed by atoms with Crippen LogP contribution in [0.4, 0.5) is 5.69 Å². The number of esters is 1. The second-order valence-corrected chi connectivity index (χ2v) is 9.28. The number of rotatable bonds is 9. The minimum atomic E-state index is -0.937. The van der Waals surface area contributed by atoms with Gasteiger partial charge in [-0.25, -0.2) is 4.79 Å². The number of phenolic OH excluding ortho intramolecular Hbond substituents is 1. The second-order valence-electron chi connectivity index (χ2n) is 9.28. The Kier molecular flexibility index (Phi) is 9.91. The maximum atomic E-state index is 12.7. The van der Waals surface area contributed by atoms with Gasteiger partial charge in [0.1, 0.15) is 17.2 Å². The van der Waals surface area contributed by atoms with Gasteiger partial charge in [-0.05, 0) is 94.5 Å². The Morgan fingerprint density at radius 2 is 1.86 bits per heavy atom. The van der Waals surface area contributed by atoms with Gasteiger partial charge in [0.05, 0.1) is 12.6 Å². The molecule has 0 aliphatic carbocycles. The lowest BCUT2D eigenvalue weighted by Gasteiger charge is -2.30. The molecule has 2 amide bonds. The molecule has 9 nitrogen and oxygen atoms in total. The van der Waals surface area contributed by atoms with Crippen LogP contribution in [0.15, 0.2) is 30.3 Å². The molecule has 3 N–H and O–H groups in total. The first kappa shape index (κ1) is 28.0. The Balaban J connectivity index is 1.79. The van der Waals surface area contributed by atoms with E-state index < -0.39 is 11.9 Å². The summed E-state index contributed by atoms with van der Waals surface area (Å²) >= 11 is 0. The summed E-state index contributed by atoms with van der Waals surface area (Å²) in [6, 6.07) is 8.29. The topological polar surface area (TPSA) is 117 Å². The molecule has 9 heteroatoms. The van der Waals surface area contributed by atoms with Crippen LogP contribution < -0.4 is 15.4 Å². The fraction of sp³-hybridized carbons (Fsp3) is 0.464. The lowest BCUT2D eigenvalue weighted by molar-refractivity contribution is -0.152. The van der Waals surface area contributed by atoms with Crippen molar-refractivity contribution in [1.29, 1.82) is 0 Å². The van der Waals surface area contributed by atoms with Crippen LogP contribution in [-0.2, 0) is 25.7 Å². The van der Waals surface area contributed by atoms with Gasteiger partial charge in [-0.15, -0.1) is 0 Å². The Labute approximate surface area is 218 Å². The number of anilines is 1. The van der Waals surface area contributed by atoms with E-state index in [-0.39, 0.29) is 24.3 Å². The Morgan fingerprint density at radius 1 is 1.14 bits per heavy atom. The van der Waals surface area contributed by atoms with E-state index in [1.54, 1.807) is 37.3 Å². The molecule has 200 valence electrons. The van der Waals surface area contributed by atoms with Crippen molar-refractivity contribution in [2.45, 2.75) is 66.0 Å². The van der Waals surface area contributed by atoms with Gasteiger partial charge < -0.3 is 25.2 Å². The van der Waals surface area contributed by atoms with Gasteiger partial charge in [0, 0.05) is 24.3 Å². The molecule has 37 heavy (non-hydrogen) atoms. The van der Waals surface area contributed by atoms with Gasteiger partial charge in [0.25, 0.3) is 0 Å². The van der Waals surface area contributed by atoms with Crippen LogP contribution in [0.5, 0.6) is 17.2 Å². The monoisotopic (exact) mass is 511 g/mol. The lowest BCUT2D eigenvalue weighted by Crippen LogP contribution is -2.45. The quantitative estimate of drug-likeness (QED) is 0.341. The number of aryl methyl sites for hydroxylation is 2. The molecule has 0 spiro atoms. The molecule has 1 aliphatic heterocycles. The van der Waals surface area contributed by atoms with Crippen LogP contribution >= 0.6 is 0 Å². The van der Waals surface area contributed by atoms with Gasteiger partial charge in [-0.2, -0.15) is 0 Å². The van der Waals surface area contributed by atoms with Gasteiger partial charge in [-0.3, -0.25) is 14.5 Å². The molecular weight excluding hydrogens is 474 g/mol. The molecule has 3 rings (SSSR count). The van der Waals surface area contributed by atoms with Crippen LogP contribution in [0.2, 0.25) is 0 Å². The predicted molar refractivity (Wildman–Crippen MR) is 141 cm³/mol. The predicted octanol–water partition coefficient (Wildman–Crippen LogP) is 4.18. The van der Waals surface area contributed by atoms with Crippen molar-refractivity contribution in [2.24, 2.45) is 0 Å². The van der Waals surface area contributed by atoms with Gasteiger partial charge in [0.2, 0.25) is 5.91 Å². The van der Waals surface area contributed by atoms with E-state index in [0.717, 1.165) is 43.4 Å². The molecule has 0 saturated carbocycles. The third kappa shape index (κ3) is 7.45. The van der Waals surface area contributed by atoms with E-state index in [0.29, 0.717) is 35.8 Å². The van der Waals surface area contributed by atoms with Crippen molar-refractivity contribution >= 4 is 23.5 Å². The van der Waals surface area contributed by atoms with Crippen molar-refractivity contribution in [3.8, 4) is 17.2 Å². The zero-order valence-electron chi connectivity index (χ0n) is 22.1. The minimum Gasteiger partial charge on any atom is -0.508 e. The van der Waals surface area contributed by atoms with Gasteiger partial charge >= 0.3 is 11.9 Å². The zero-order valence-corrected chi connectivity index (χ0v) is 22.1. The van der Waals surface area contributed by atoms with Gasteiger partial charge in [0.15, 0.2) is 0 Å². The summed E-state index contributed by atoms with van der Waals surface area (Å²) in [5, 5.41) is 16.1. The third-order valence-electron chi connectivity index (χ3n) is 6.28. The number of hydrogen-bond donors (Lipinski definition) is 3. The number of ether oxygens (including phenoxy) is 2. The molecule has 0 bridgehead atoms. The average molecular weight is 512 g/mol. The largest absolute Gasteiger partial charge is 0.508 e. The first-order valence-corrected chi connectivity index (χ1v) is 12.8. The van der Waals surface area contributed by atoms with Crippen LogP contribution in [-0.4, -0.2) is 53.5 Å². The Morgan fingerprint density at radius 3 is 2.54 bits per heavy atom. The summed E-state index contributed by atoms with van der Waals surface area (Å²) in [7, 11) is 0. The molecule has 1 atom stereocenters. The number of phenols is 1. The SMILES string of the molecule is CCCN(Cc1cc(Oc2c(C)cc(NC(=O)C(=O)OCC)cc2C)ccc1O)C1CCCCNC1=O. The Hall–Kier alpha value is -3.59. The summed E-state index contributed by atoms with van der Waals surface area (Å²) in [6.45, 7) is 9.38. The fourth-order valence-corrected chi connectivity index (χ4v) is 4.55. The molecule has 2 aromatic carbocycles. The molecular formula is C28H37N3O6. The van der Waals surface area contributed by atoms with Crippen molar-refractivity contribution in [1.82, 2.24) is 10.2 Å². The van der Waals surface area contributed by atoms with E-state index in [9.17, 15) is 19.5 Å². The highest BCUT2D eigenvalue weighted by Crippen LogP contribution is 2.34. The normalized spacial score (nSPS) is 15.6. The van der Waals surface area contributed by atoms with Crippen LogP contribution in [0, 0.1) is 13.8 Å². The summed E-state index contributed by atoms with van der Waals surface area (Å²) in [6.07, 6.45) is 3.63. The van der Waals surface area contributed by atoms with Crippen molar-refractivity contribution in [3.63, 3.8) is 0 Å². The molecule has 1 fully saturated rings. The number of carbonyl (C=O) groups excluding carboxylic acids is 3. The third-order valence-corrected chi connectivity index (χ3v) is 6.28. The summed E-state index contributed by atoms with van der Waals surface area (Å²) in [5.74, 6) is -0.430. The number of carbonyl (C=O) groups is 3. The molecule has 1 heterocycles. The first-order chi connectivity index (χ1) is 17.7. The van der Waals surface area contributed by atoms with Gasteiger partial charge in [-0.1, -0.05) is 6.92 Å². The Bertz CT molecular complexity index is 1110. The lowest BCUT2D eigenvalue weighted by atomic mass is 10.1. The van der Waals surface area contributed by atoms with E-state index in [2.05, 4.69) is 22.5 Å². The minimum absolute atomic E-state index is 0.0410. The van der Waals surface area contributed by atoms with Crippen LogP contribution in [0.3, 0.4) is 0 Å². The van der Waals surface area contributed by atoms with Crippen LogP contribution in [0.1, 0.15) is 56.2 Å². The number of nitrogens with one attached hydrogen (secondary N) is 2. The van der Waals surface area contributed by atoms with E-state index in [4.69, 9.17) is 9.47 Å². The summed E-state index contributed by atoms with van der Waals surface area (Å²) < 4.78 is 10.9. The van der Waals surface area contributed by atoms with E-state index in [1.807, 2.05) is 13.8 Å². The molecule has 0 radical (unpaired) electrons. The van der Waals surface area contributed by atoms with E-state index >= 15 is 0 Å². The van der Waals surface area contributed by atoms with Crippen LogP contribution in [0.25, 0.3) is 0 Å². The number of hydrogen-bond acceptors (Lipinski definition) is 7. The summed E-state index contributed by atoms with van der Waals surface area (Å²) in [4.78, 5) is 38.4. The number of aromatic hydroxyl groups is 1. The number of benzene rings is 2. The highest BCUT2D eigenvalue weighted by atomic mass is 16.5. The highest BCUT2D eigenvalue weighted by Gasteiger charge is 2.27. The standard InChI is InChI=1S/C28H37N3O6/c1-5-13-31(23-9-7-8-12-29-26(23)33)17-20-16-22(10-11-24(20)32)37-25-18(3)14-21(15-19(25)4)30-27(34)28(35)36-6-2/h10-11,14-16,23,32H,5-9,12-13,17H2,1-4H3,(H,29,33)(H,30,34). The molecule has 0 aromatic heterocycles. The molecule has 1 saturated heterocycles. The smallest absolute Gasteiger partial charge is 0.397 e. The van der Waals surface area contributed by atoms with E-state index in [1.165, 1.54) is 0 Å².